The van der Waals surface area contributed by atoms with Crippen molar-refractivity contribution in [2.75, 3.05) is 5.32 Å². The molecular formula is C16H19N. The van der Waals surface area contributed by atoms with Gasteiger partial charge in [0, 0.05) is 5.69 Å². The van der Waals surface area contributed by atoms with Crippen LogP contribution < -0.4 is 5.32 Å². The van der Waals surface area contributed by atoms with Crippen molar-refractivity contribution in [1.29, 1.82) is 0 Å². The highest BCUT2D eigenvalue weighted by atomic mass is 14.9. The van der Waals surface area contributed by atoms with E-state index < -0.39 is 0 Å². The highest BCUT2D eigenvalue weighted by Crippen LogP contribution is 2.23. The van der Waals surface area contributed by atoms with Crippen molar-refractivity contribution < 1.29 is 0 Å². The summed E-state index contributed by atoms with van der Waals surface area (Å²) < 4.78 is 0. The molecule has 0 aliphatic carbocycles. The molecule has 0 aliphatic heterocycles. The lowest BCUT2D eigenvalue weighted by molar-refractivity contribution is 0.677. The Hall–Kier alpha value is -1.76. The summed E-state index contributed by atoms with van der Waals surface area (Å²) >= 11 is 0. The van der Waals surface area contributed by atoms with Crippen LogP contribution in [0.5, 0.6) is 0 Å². The molecule has 1 N–H and O–H groups in total. The topological polar surface area (TPSA) is 12.0 Å². The first-order chi connectivity index (χ1) is 8.40. The zero-order chi connectivity index (χ0) is 11.9. The molecule has 0 spiro atoms. The second-order valence-electron chi connectivity index (χ2n) is 4.26. The Kier molecular flexibility index (Phi) is 4.20. The van der Waals surface area contributed by atoms with Gasteiger partial charge in [0.25, 0.3) is 0 Å². The smallest absolute Gasteiger partial charge is 0.0513 e. The summed E-state index contributed by atoms with van der Waals surface area (Å²) in [6.45, 7) is 2.22. The molecule has 17 heavy (non-hydrogen) atoms. The fourth-order valence-corrected chi connectivity index (χ4v) is 2.03. The second-order valence-corrected chi connectivity index (χ2v) is 4.26. The van der Waals surface area contributed by atoms with Crippen molar-refractivity contribution >= 4 is 5.69 Å². The van der Waals surface area contributed by atoms with Crippen molar-refractivity contribution in [2.24, 2.45) is 0 Å². The molecule has 0 amide bonds. The van der Waals surface area contributed by atoms with E-state index >= 15 is 0 Å². The van der Waals surface area contributed by atoms with Crippen LogP contribution in [0.1, 0.15) is 31.4 Å². The van der Waals surface area contributed by atoms with E-state index in [4.69, 9.17) is 0 Å². The van der Waals surface area contributed by atoms with Crippen LogP contribution in [0.2, 0.25) is 0 Å². The van der Waals surface area contributed by atoms with Crippen LogP contribution in [-0.4, -0.2) is 0 Å². The third-order valence-corrected chi connectivity index (χ3v) is 2.89. The summed E-state index contributed by atoms with van der Waals surface area (Å²) in [6, 6.07) is 21.5. The maximum atomic E-state index is 3.60. The molecule has 0 bridgehead atoms. The van der Waals surface area contributed by atoms with Crippen LogP contribution >= 0.6 is 0 Å². The molecule has 0 saturated carbocycles. The zero-order valence-electron chi connectivity index (χ0n) is 10.3. The van der Waals surface area contributed by atoms with Crippen LogP contribution in [0.3, 0.4) is 0 Å². The van der Waals surface area contributed by atoms with Gasteiger partial charge >= 0.3 is 0 Å². The van der Waals surface area contributed by atoms with E-state index in [0.29, 0.717) is 6.04 Å². The lowest BCUT2D eigenvalue weighted by atomic mass is 10.0. The molecule has 2 rings (SSSR count). The molecule has 0 fully saturated rings. The molecule has 0 saturated heterocycles. The normalized spacial score (nSPS) is 12.1. The SMILES string of the molecule is CCCC(Nc1ccccc1)c1ccccc1. The number of anilines is 1. The maximum absolute atomic E-state index is 3.60. The van der Waals surface area contributed by atoms with E-state index in [0.717, 1.165) is 6.42 Å². The Morgan fingerprint density at radius 3 is 2.06 bits per heavy atom. The lowest BCUT2D eigenvalue weighted by Crippen LogP contribution is -2.10. The molecule has 1 atom stereocenters. The van der Waals surface area contributed by atoms with Crippen molar-refractivity contribution in [3.63, 3.8) is 0 Å². The Bertz CT molecular complexity index is 422. The lowest BCUT2D eigenvalue weighted by Gasteiger charge is -2.19. The van der Waals surface area contributed by atoms with Gasteiger partial charge in [-0.15, -0.1) is 0 Å². The molecule has 1 unspecified atom stereocenters. The van der Waals surface area contributed by atoms with Gasteiger partial charge in [-0.2, -0.15) is 0 Å². The average Bonchev–Trinajstić information content (AvgIpc) is 2.40. The number of benzene rings is 2. The van der Waals surface area contributed by atoms with Gasteiger partial charge in [-0.1, -0.05) is 61.9 Å². The third-order valence-electron chi connectivity index (χ3n) is 2.89. The fraction of sp³-hybridized carbons (Fsp3) is 0.250. The van der Waals surface area contributed by atoms with Gasteiger partial charge in [-0.25, -0.2) is 0 Å². The highest BCUT2D eigenvalue weighted by Gasteiger charge is 2.09. The molecule has 2 aromatic rings. The van der Waals surface area contributed by atoms with E-state index in [2.05, 4.69) is 66.8 Å². The van der Waals surface area contributed by atoms with Gasteiger partial charge in [0.15, 0.2) is 0 Å². The van der Waals surface area contributed by atoms with Crippen molar-refractivity contribution in [3.8, 4) is 0 Å². The first kappa shape index (κ1) is 11.7. The summed E-state index contributed by atoms with van der Waals surface area (Å²) in [6.07, 6.45) is 2.33. The van der Waals surface area contributed by atoms with E-state index in [1.54, 1.807) is 0 Å². The largest absolute Gasteiger partial charge is 0.378 e. The summed E-state index contributed by atoms with van der Waals surface area (Å²) in [4.78, 5) is 0. The molecule has 0 aromatic heterocycles. The Morgan fingerprint density at radius 2 is 1.47 bits per heavy atom. The molecule has 2 aromatic carbocycles. The van der Waals surface area contributed by atoms with Gasteiger partial charge in [-0.05, 0) is 24.1 Å². The molecule has 1 nitrogen and oxygen atoms in total. The van der Waals surface area contributed by atoms with Crippen LogP contribution in [0.4, 0.5) is 5.69 Å². The molecule has 1 heteroatoms. The Morgan fingerprint density at radius 1 is 0.882 bits per heavy atom. The number of para-hydroxylation sites is 1. The average molecular weight is 225 g/mol. The van der Waals surface area contributed by atoms with E-state index in [9.17, 15) is 0 Å². The van der Waals surface area contributed by atoms with Crippen LogP contribution in [0.15, 0.2) is 60.7 Å². The van der Waals surface area contributed by atoms with Crippen LogP contribution in [-0.2, 0) is 0 Å². The fourth-order valence-electron chi connectivity index (χ4n) is 2.03. The van der Waals surface area contributed by atoms with E-state index in [1.165, 1.54) is 17.7 Å². The van der Waals surface area contributed by atoms with Gasteiger partial charge < -0.3 is 5.32 Å². The summed E-state index contributed by atoms with van der Waals surface area (Å²) in [5.74, 6) is 0. The minimum absolute atomic E-state index is 0.406. The third kappa shape index (κ3) is 3.35. The van der Waals surface area contributed by atoms with E-state index in [1.807, 2.05) is 6.07 Å². The first-order valence-corrected chi connectivity index (χ1v) is 6.26. The quantitative estimate of drug-likeness (QED) is 0.781. The van der Waals surface area contributed by atoms with Gasteiger partial charge in [0.05, 0.1) is 6.04 Å². The van der Waals surface area contributed by atoms with Gasteiger partial charge in [0.1, 0.15) is 0 Å². The predicted molar refractivity (Wildman–Crippen MR) is 74.2 cm³/mol. The summed E-state index contributed by atoms with van der Waals surface area (Å²) in [5.41, 5.74) is 2.55. The van der Waals surface area contributed by atoms with Crippen LogP contribution in [0.25, 0.3) is 0 Å². The molecule has 0 radical (unpaired) electrons. The van der Waals surface area contributed by atoms with Crippen molar-refractivity contribution in [2.45, 2.75) is 25.8 Å². The number of hydrogen-bond donors (Lipinski definition) is 1. The maximum Gasteiger partial charge on any atom is 0.0513 e. The first-order valence-electron chi connectivity index (χ1n) is 6.26. The second kappa shape index (κ2) is 6.09. The van der Waals surface area contributed by atoms with Crippen molar-refractivity contribution in [3.05, 3.63) is 66.2 Å². The van der Waals surface area contributed by atoms with Gasteiger partial charge in [-0.3, -0.25) is 0 Å². The predicted octanol–water partition coefficient (Wildman–Crippen LogP) is 4.64. The zero-order valence-corrected chi connectivity index (χ0v) is 10.3. The minimum atomic E-state index is 0.406. The highest BCUT2D eigenvalue weighted by molar-refractivity contribution is 5.45. The number of rotatable bonds is 5. The summed E-state index contributed by atoms with van der Waals surface area (Å²) in [7, 11) is 0. The Balaban J connectivity index is 2.13. The van der Waals surface area contributed by atoms with Crippen LogP contribution in [0, 0.1) is 0 Å². The monoisotopic (exact) mass is 225 g/mol. The molecule has 0 heterocycles. The van der Waals surface area contributed by atoms with E-state index in [-0.39, 0.29) is 0 Å². The van der Waals surface area contributed by atoms with Gasteiger partial charge in [0.2, 0.25) is 0 Å². The molecular weight excluding hydrogens is 206 g/mol. The molecule has 0 aliphatic rings. The number of hydrogen-bond acceptors (Lipinski definition) is 1. The summed E-state index contributed by atoms with van der Waals surface area (Å²) in [5, 5.41) is 3.60. The number of nitrogens with one attached hydrogen (secondary N) is 1. The Labute approximate surface area is 103 Å². The molecule has 88 valence electrons. The van der Waals surface area contributed by atoms with Crippen molar-refractivity contribution in [1.82, 2.24) is 0 Å². The standard InChI is InChI=1S/C16H19N/c1-2-9-16(14-10-5-3-6-11-14)17-15-12-7-4-8-13-15/h3-8,10-13,16-17H,2,9H2,1H3. The minimum Gasteiger partial charge on any atom is -0.378 e.